The summed E-state index contributed by atoms with van der Waals surface area (Å²) in [5.74, 6) is -0.0786. The second kappa shape index (κ2) is 8.15. The molecule has 8 nitrogen and oxygen atoms in total. The van der Waals surface area contributed by atoms with Gasteiger partial charge in [0.05, 0.1) is 42.7 Å². The van der Waals surface area contributed by atoms with Crippen molar-refractivity contribution in [3.8, 4) is 0 Å². The summed E-state index contributed by atoms with van der Waals surface area (Å²) in [5, 5.41) is 0. The first kappa shape index (κ1) is 19.0. The van der Waals surface area contributed by atoms with Crippen LogP contribution >= 0.6 is 0 Å². The quantitative estimate of drug-likeness (QED) is 0.633. The van der Waals surface area contributed by atoms with E-state index in [0.717, 1.165) is 0 Å². The number of ether oxygens (including phenoxy) is 2. The Kier molecular flexibility index (Phi) is 6.44. The molecule has 24 heavy (non-hydrogen) atoms. The molecule has 1 aromatic carbocycles. The standard InChI is InChI=1S/C14H22N2O6S2/c1-21-7-8-22-9-11-23(17,18)15-13-4-2-5-14(12-13)16-6-3-10-24(16,19)20/h2,4-5,12,15H,3,6-11H2,1H3. The van der Waals surface area contributed by atoms with Crippen molar-refractivity contribution in [2.24, 2.45) is 0 Å². The van der Waals surface area contributed by atoms with Gasteiger partial charge in [-0.05, 0) is 24.6 Å². The lowest BCUT2D eigenvalue weighted by Gasteiger charge is -2.18. The maximum absolute atomic E-state index is 12.0. The van der Waals surface area contributed by atoms with E-state index in [9.17, 15) is 16.8 Å². The molecule has 0 amide bonds. The minimum absolute atomic E-state index is 0.0545. The number of methoxy groups -OCH3 is 1. The number of hydrogen-bond acceptors (Lipinski definition) is 6. The van der Waals surface area contributed by atoms with E-state index in [-0.39, 0.29) is 18.1 Å². The molecule has 0 bridgehead atoms. The van der Waals surface area contributed by atoms with Gasteiger partial charge in [0.15, 0.2) is 0 Å². The Hall–Kier alpha value is -1.36. The van der Waals surface area contributed by atoms with Crippen molar-refractivity contribution < 1.29 is 26.3 Å². The van der Waals surface area contributed by atoms with Crippen LogP contribution in [0.4, 0.5) is 11.4 Å². The number of benzene rings is 1. The van der Waals surface area contributed by atoms with Crippen LogP contribution in [0.1, 0.15) is 6.42 Å². The van der Waals surface area contributed by atoms with Crippen molar-refractivity contribution >= 4 is 31.4 Å². The molecule has 1 aliphatic rings. The fraction of sp³-hybridized carbons (Fsp3) is 0.571. The number of anilines is 2. The smallest absolute Gasteiger partial charge is 0.235 e. The number of rotatable bonds is 9. The van der Waals surface area contributed by atoms with Gasteiger partial charge in [0.2, 0.25) is 20.0 Å². The zero-order valence-corrected chi connectivity index (χ0v) is 15.1. The topological polar surface area (TPSA) is 102 Å². The van der Waals surface area contributed by atoms with E-state index in [1.165, 1.54) is 17.5 Å². The molecule has 1 saturated heterocycles. The minimum atomic E-state index is -3.57. The van der Waals surface area contributed by atoms with Crippen molar-refractivity contribution in [2.75, 3.05) is 54.0 Å². The summed E-state index contributed by atoms with van der Waals surface area (Å²) >= 11 is 0. The lowest BCUT2D eigenvalue weighted by atomic mass is 10.3. The van der Waals surface area contributed by atoms with Gasteiger partial charge < -0.3 is 9.47 Å². The molecule has 0 saturated carbocycles. The summed E-state index contributed by atoms with van der Waals surface area (Å²) < 4.78 is 61.7. The van der Waals surface area contributed by atoms with Crippen LogP contribution in [0.15, 0.2) is 24.3 Å². The zero-order valence-electron chi connectivity index (χ0n) is 13.5. The Morgan fingerprint density at radius 2 is 2.04 bits per heavy atom. The van der Waals surface area contributed by atoms with E-state index in [2.05, 4.69) is 4.72 Å². The van der Waals surface area contributed by atoms with Gasteiger partial charge in [0.25, 0.3) is 0 Å². The number of sulfonamides is 2. The molecule has 0 radical (unpaired) electrons. The Labute approximate surface area is 142 Å². The van der Waals surface area contributed by atoms with E-state index in [1.807, 2.05) is 0 Å². The van der Waals surface area contributed by atoms with Gasteiger partial charge >= 0.3 is 0 Å². The number of nitrogens with one attached hydrogen (secondary N) is 1. The second-order valence-electron chi connectivity index (χ2n) is 5.32. The average molecular weight is 378 g/mol. The molecule has 1 aliphatic heterocycles. The molecule has 0 unspecified atom stereocenters. The highest BCUT2D eigenvalue weighted by Crippen LogP contribution is 2.26. The monoisotopic (exact) mass is 378 g/mol. The Bertz CT molecular complexity index is 748. The summed E-state index contributed by atoms with van der Waals surface area (Å²) in [7, 11) is -5.34. The lowest BCUT2D eigenvalue weighted by Crippen LogP contribution is -2.25. The third-order valence-corrected chi connectivity index (χ3v) is 6.56. The van der Waals surface area contributed by atoms with Gasteiger partial charge in [0, 0.05) is 13.7 Å². The summed E-state index contributed by atoms with van der Waals surface area (Å²) in [6.07, 6.45) is 0.567. The molecule has 136 valence electrons. The van der Waals surface area contributed by atoms with Crippen molar-refractivity contribution in [1.82, 2.24) is 0 Å². The maximum atomic E-state index is 12.0. The molecular formula is C14H22N2O6S2. The van der Waals surface area contributed by atoms with Gasteiger partial charge in [0.1, 0.15) is 0 Å². The largest absolute Gasteiger partial charge is 0.382 e. The zero-order chi connectivity index (χ0) is 17.6. The fourth-order valence-corrected chi connectivity index (χ4v) is 4.78. The number of nitrogens with zero attached hydrogens (tertiary/aromatic N) is 1. The van der Waals surface area contributed by atoms with Crippen LogP contribution in [0.3, 0.4) is 0 Å². The predicted octanol–water partition coefficient (Wildman–Crippen LogP) is 0.631. The van der Waals surface area contributed by atoms with E-state index >= 15 is 0 Å². The van der Waals surface area contributed by atoms with Crippen LogP contribution in [0.5, 0.6) is 0 Å². The number of hydrogen-bond donors (Lipinski definition) is 1. The van der Waals surface area contributed by atoms with Gasteiger partial charge in [-0.2, -0.15) is 0 Å². The van der Waals surface area contributed by atoms with Crippen molar-refractivity contribution in [3.63, 3.8) is 0 Å². The first-order valence-corrected chi connectivity index (χ1v) is 10.8. The summed E-state index contributed by atoms with van der Waals surface area (Å²) in [5.41, 5.74) is 0.788. The Morgan fingerprint density at radius 3 is 2.71 bits per heavy atom. The molecule has 0 aliphatic carbocycles. The highest BCUT2D eigenvalue weighted by molar-refractivity contribution is 7.93. The molecule has 1 N–H and O–H groups in total. The maximum Gasteiger partial charge on any atom is 0.235 e. The molecule has 1 fully saturated rings. The molecular weight excluding hydrogens is 356 g/mol. The molecule has 0 aromatic heterocycles. The Balaban J connectivity index is 1.99. The van der Waals surface area contributed by atoms with Gasteiger partial charge in [-0.15, -0.1) is 0 Å². The van der Waals surface area contributed by atoms with Gasteiger partial charge in [-0.1, -0.05) is 6.07 Å². The second-order valence-corrected chi connectivity index (χ2v) is 9.17. The van der Waals surface area contributed by atoms with Gasteiger partial charge in [-0.25, -0.2) is 16.8 Å². The highest BCUT2D eigenvalue weighted by Gasteiger charge is 2.28. The molecule has 10 heteroatoms. The highest BCUT2D eigenvalue weighted by atomic mass is 32.2. The van der Waals surface area contributed by atoms with Crippen molar-refractivity contribution in [3.05, 3.63) is 24.3 Å². The predicted molar refractivity (Wildman–Crippen MR) is 92.3 cm³/mol. The average Bonchev–Trinajstić information content (AvgIpc) is 2.86. The van der Waals surface area contributed by atoms with Crippen LogP contribution in [0.2, 0.25) is 0 Å². The molecule has 1 heterocycles. The normalized spacial score (nSPS) is 17.1. The SMILES string of the molecule is COCCOCCS(=O)(=O)Nc1cccc(N2CCCS2(=O)=O)c1. The lowest BCUT2D eigenvalue weighted by molar-refractivity contribution is 0.0785. The van der Waals surface area contributed by atoms with E-state index < -0.39 is 20.0 Å². The van der Waals surface area contributed by atoms with Crippen LogP contribution in [-0.2, 0) is 29.5 Å². The molecule has 0 spiro atoms. The van der Waals surface area contributed by atoms with Crippen LogP contribution in [-0.4, -0.2) is 61.8 Å². The van der Waals surface area contributed by atoms with Crippen molar-refractivity contribution in [1.29, 1.82) is 0 Å². The fourth-order valence-electron chi connectivity index (χ4n) is 2.30. The minimum Gasteiger partial charge on any atom is -0.382 e. The summed E-state index contributed by atoms with van der Waals surface area (Å²) in [6.45, 7) is 1.19. The molecule has 2 rings (SSSR count). The molecule has 1 aromatic rings. The van der Waals surface area contributed by atoms with Gasteiger partial charge in [-0.3, -0.25) is 9.03 Å². The van der Waals surface area contributed by atoms with Crippen LogP contribution in [0.25, 0.3) is 0 Å². The van der Waals surface area contributed by atoms with E-state index in [0.29, 0.717) is 37.6 Å². The van der Waals surface area contributed by atoms with Crippen molar-refractivity contribution in [2.45, 2.75) is 6.42 Å². The van der Waals surface area contributed by atoms with E-state index in [1.54, 1.807) is 18.2 Å². The molecule has 0 atom stereocenters. The third kappa shape index (κ3) is 5.33. The van der Waals surface area contributed by atoms with Crippen LogP contribution < -0.4 is 9.03 Å². The van der Waals surface area contributed by atoms with Crippen LogP contribution in [0, 0.1) is 0 Å². The third-order valence-electron chi connectivity index (χ3n) is 3.43. The Morgan fingerprint density at radius 1 is 1.25 bits per heavy atom. The summed E-state index contributed by atoms with van der Waals surface area (Å²) in [4.78, 5) is 0. The summed E-state index contributed by atoms with van der Waals surface area (Å²) in [6, 6.07) is 6.37. The first-order chi connectivity index (χ1) is 11.3. The van der Waals surface area contributed by atoms with E-state index in [4.69, 9.17) is 9.47 Å². The first-order valence-electron chi connectivity index (χ1n) is 7.52.